The number of nitrogens with zero attached hydrogens (tertiary/aromatic N) is 1. The van der Waals surface area contributed by atoms with E-state index in [1.165, 1.54) is 120 Å². The van der Waals surface area contributed by atoms with E-state index < -0.39 is 7.26 Å². The van der Waals surface area contributed by atoms with Crippen molar-refractivity contribution in [1.82, 2.24) is 5.32 Å². The SMILES string of the molecule is O=C(CCCc1ccc(N(CCCl)CCCl)cc1)NCCC[P+](C1CCCCC1)(C1CCCCC1)C1CCCCC1. The van der Waals surface area contributed by atoms with Gasteiger partial charge in [0.1, 0.15) is 0 Å². The van der Waals surface area contributed by atoms with Gasteiger partial charge in [-0.15, -0.1) is 23.2 Å². The lowest BCUT2D eigenvalue weighted by Gasteiger charge is -2.49. The number of nitrogens with one attached hydrogen (secondary N) is 1. The normalized spacial score (nSPS) is 19.8. The van der Waals surface area contributed by atoms with Gasteiger partial charge in [-0.1, -0.05) is 31.4 Å². The van der Waals surface area contributed by atoms with E-state index in [-0.39, 0.29) is 5.91 Å². The Balaban J connectivity index is 1.26. The number of carbonyl (C=O) groups excluding carboxylic acids is 1. The van der Waals surface area contributed by atoms with Gasteiger partial charge in [-0.3, -0.25) is 4.79 Å². The molecule has 0 spiro atoms. The molecule has 0 unspecified atom stereocenters. The number of alkyl halides is 2. The summed E-state index contributed by atoms with van der Waals surface area (Å²) >= 11 is 11.9. The first-order valence-electron chi connectivity index (χ1n) is 17.3. The molecule has 1 N–H and O–H groups in total. The number of amides is 1. The third-order valence-electron chi connectivity index (χ3n) is 10.7. The van der Waals surface area contributed by atoms with E-state index in [2.05, 4.69) is 34.5 Å². The Morgan fingerprint density at radius 3 is 1.68 bits per heavy atom. The molecule has 3 fully saturated rings. The molecule has 0 bridgehead atoms. The Hall–Kier alpha value is -0.500. The fourth-order valence-electron chi connectivity index (χ4n) is 8.70. The van der Waals surface area contributed by atoms with Crippen molar-refractivity contribution in [3.63, 3.8) is 0 Å². The molecule has 0 aromatic heterocycles. The van der Waals surface area contributed by atoms with Gasteiger partial charge in [0.15, 0.2) is 0 Å². The van der Waals surface area contributed by atoms with Gasteiger partial charge in [0.25, 0.3) is 0 Å². The molecule has 232 valence electrons. The fraction of sp³-hybridized carbons (Fsp3) is 0.800. The van der Waals surface area contributed by atoms with Crippen molar-refractivity contribution in [1.29, 1.82) is 0 Å². The highest BCUT2D eigenvalue weighted by Gasteiger charge is 2.56. The Labute approximate surface area is 262 Å². The van der Waals surface area contributed by atoms with Crippen LogP contribution in [-0.4, -0.2) is 60.4 Å². The highest BCUT2D eigenvalue weighted by Crippen LogP contribution is 2.77. The molecule has 1 aromatic rings. The van der Waals surface area contributed by atoms with Crippen molar-refractivity contribution >= 4 is 42.1 Å². The third kappa shape index (κ3) is 9.74. The molecule has 0 radical (unpaired) electrons. The highest BCUT2D eigenvalue weighted by molar-refractivity contribution is 7.77. The molecular weight excluding hydrogens is 566 g/mol. The number of halogens is 2. The van der Waals surface area contributed by atoms with E-state index in [9.17, 15) is 4.79 Å². The fourth-order valence-corrected chi connectivity index (χ4v) is 16.7. The standard InChI is InChI=1S/C35H57Cl2N2OP/c36-24-27-39(28-25-37)31-22-20-30(21-23-31)12-10-19-35(40)38-26-11-29-41(32-13-4-1-5-14-32,33-15-6-2-7-16-33)34-17-8-3-9-18-34/h20-23,32-34H,1-19,24-29H2/p+1. The van der Waals surface area contributed by atoms with Gasteiger partial charge in [0.05, 0.1) is 23.1 Å². The first-order valence-corrected chi connectivity index (χ1v) is 20.5. The second-order valence-electron chi connectivity index (χ2n) is 13.2. The third-order valence-corrected chi connectivity index (χ3v) is 17.7. The van der Waals surface area contributed by atoms with Crippen LogP contribution in [0.5, 0.6) is 0 Å². The lowest BCUT2D eigenvalue weighted by atomic mass is 9.99. The van der Waals surface area contributed by atoms with Crippen molar-refractivity contribution in [3.05, 3.63) is 29.8 Å². The van der Waals surface area contributed by atoms with E-state index in [1.54, 1.807) is 0 Å². The smallest absolute Gasteiger partial charge is 0.220 e. The molecule has 1 aromatic carbocycles. The molecule has 4 rings (SSSR count). The predicted octanol–water partition coefficient (Wildman–Crippen LogP) is 9.82. The van der Waals surface area contributed by atoms with Gasteiger partial charge in [-0.25, -0.2) is 0 Å². The summed E-state index contributed by atoms with van der Waals surface area (Å²) in [5, 5.41) is 3.35. The Kier molecular flexibility index (Phi) is 14.9. The Bertz CT molecular complexity index is 812. The summed E-state index contributed by atoms with van der Waals surface area (Å²) in [6, 6.07) is 8.70. The number of benzene rings is 1. The minimum absolute atomic E-state index is 0.244. The van der Waals surface area contributed by atoms with E-state index in [4.69, 9.17) is 23.2 Å². The molecule has 3 saturated carbocycles. The molecule has 3 aliphatic carbocycles. The number of hydrogen-bond donors (Lipinski definition) is 1. The van der Waals surface area contributed by atoms with Crippen LogP contribution < -0.4 is 10.2 Å². The summed E-state index contributed by atoms with van der Waals surface area (Å²) in [5.74, 6) is 1.44. The maximum Gasteiger partial charge on any atom is 0.220 e. The van der Waals surface area contributed by atoms with Crippen molar-refractivity contribution < 1.29 is 4.79 Å². The van der Waals surface area contributed by atoms with Crippen LogP contribution >= 0.6 is 30.5 Å². The van der Waals surface area contributed by atoms with Gasteiger partial charge in [-0.05, 0) is 114 Å². The van der Waals surface area contributed by atoms with Crippen molar-refractivity contribution in [3.8, 4) is 0 Å². The van der Waals surface area contributed by atoms with Gasteiger partial charge < -0.3 is 10.2 Å². The largest absolute Gasteiger partial charge is 0.369 e. The van der Waals surface area contributed by atoms with Gasteiger partial charge in [-0.2, -0.15) is 0 Å². The summed E-state index contributed by atoms with van der Waals surface area (Å²) in [7, 11) is -1.03. The second kappa shape index (κ2) is 18.3. The van der Waals surface area contributed by atoms with Gasteiger partial charge in [0.2, 0.25) is 5.91 Å². The van der Waals surface area contributed by atoms with Crippen LogP contribution in [0.2, 0.25) is 0 Å². The quantitative estimate of drug-likeness (QED) is 0.113. The lowest BCUT2D eigenvalue weighted by molar-refractivity contribution is -0.121. The molecule has 3 aliphatic rings. The van der Waals surface area contributed by atoms with E-state index in [1.807, 2.05) is 0 Å². The first kappa shape index (κ1) is 33.4. The summed E-state index contributed by atoms with van der Waals surface area (Å²) in [6.07, 6.45) is 27.5. The monoisotopic (exact) mass is 623 g/mol. The lowest BCUT2D eigenvalue weighted by Crippen LogP contribution is -2.38. The van der Waals surface area contributed by atoms with Crippen molar-refractivity contribution in [2.24, 2.45) is 0 Å². The minimum atomic E-state index is -1.03. The molecule has 0 saturated heterocycles. The zero-order valence-electron chi connectivity index (χ0n) is 25.8. The maximum absolute atomic E-state index is 12.8. The van der Waals surface area contributed by atoms with Crippen LogP contribution in [0.25, 0.3) is 0 Å². The van der Waals surface area contributed by atoms with Crippen molar-refractivity contribution in [2.45, 2.75) is 139 Å². The molecule has 3 nitrogen and oxygen atoms in total. The molecule has 1 amide bonds. The number of aryl methyl sites for hydroxylation is 1. The number of carbonyl (C=O) groups is 1. The summed E-state index contributed by atoms with van der Waals surface area (Å²) in [5.41, 5.74) is 5.59. The Morgan fingerprint density at radius 2 is 1.22 bits per heavy atom. The summed E-state index contributed by atoms with van der Waals surface area (Å²) in [6.45, 7) is 2.50. The first-order chi connectivity index (χ1) is 20.2. The minimum Gasteiger partial charge on any atom is -0.369 e. The van der Waals surface area contributed by atoms with Crippen molar-refractivity contribution in [2.75, 3.05) is 42.5 Å². The molecule has 6 heteroatoms. The Morgan fingerprint density at radius 1 is 0.732 bits per heavy atom. The van der Waals surface area contributed by atoms with Crippen LogP contribution in [0.1, 0.15) is 121 Å². The molecular formula is C35H58Cl2N2OP+. The van der Waals surface area contributed by atoms with E-state index in [0.29, 0.717) is 18.2 Å². The molecule has 0 heterocycles. The number of rotatable bonds is 16. The molecule has 41 heavy (non-hydrogen) atoms. The zero-order valence-corrected chi connectivity index (χ0v) is 28.2. The molecule has 0 aliphatic heterocycles. The molecule has 0 atom stereocenters. The number of anilines is 1. The summed E-state index contributed by atoms with van der Waals surface area (Å²) in [4.78, 5) is 15.0. The zero-order chi connectivity index (χ0) is 28.8. The topological polar surface area (TPSA) is 32.3 Å². The van der Waals surface area contributed by atoms with E-state index >= 15 is 0 Å². The van der Waals surface area contributed by atoms with E-state index in [0.717, 1.165) is 49.5 Å². The van der Waals surface area contributed by atoms with Crippen LogP contribution in [0.15, 0.2) is 24.3 Å². The summed E-state index contributed by atoms with van der Waals surface area (Å²) < 4.78 is 0. The predicted molar refractivity (Wildman–Crippen MR) is 183 cm³/mol. The van der Waals surface area contributed by atoms with Crippen LogP contribution in [0.4, 0.5) is 5.69 Å². The number of hydrogen-bond acceptors (Lipinski definition) is 2. The van der Waals surface area contributed by atoms with Crippen LogP contribution in [0.3, 0.4) is 0 Å². The maximum atomic E-state index is 12.8. The second-order valence-corrected chi connectivity index (χ2v) is 18.6. The van der Waals surface area contributed by atoms with Gasteiger partial charge in [0, 0.05) is 50.8 Å². The van der Waals surface area contributed by atoms with Gasteiger partial charge >= 0.3 is 0 Å². The van der Waals surface area contributed by atoms with Crippen LogP contribution in [-0.2, 0) is 11.2 Å². The average Bonchev–Trinajstić information content (AvgIpc) is 3.03. The highest BCUT2D eigenvalue weighted by atomic mass is 35.5. The average molecular weight is 625 g/mol. The van der Waals surface area contributed by atoms with Crippen LogP contribution in [0, 0.1) is 0 Å².